The first-order chi connectivity index (χ1) is 12.1. The lowest BCUT2D eigenvalue weighted by Crippen LogP contribution is -2.51. The second-order valence-electron chi connectivity index (χ2n) is 11.1. The molecule has 1 aliphatic rings. The minimum atomic E-state index is -1.85. The topological polar surface area (TPSA) is 50.4 Å². The second-order valence-corrected chi connectivity index (χ2v) is 20.6. The van der Waals surface area contributed by atoms with Crippen molar-refractivity contribution in [1.29, 1.82) is 0 Å². The maximum Gasteiger partial charge on any atom is 0.192 e. The molecule has 0 aliphatic carbocycles. The van der Waals surface area contributed by atoms with Crippen LogP contribution in [0.2, 0.25) is 36.3 Å². The highest BCUT2D eigenvalue weighted by Crippen LogP contribution is 2.41. The van der Waals surface area contributed by atoms with Crippen molar-refractivity contribution in [3.05, 3.63) is 18.2 Å². The summed E-state index contributed by atoms with van der Waals surface area (Å²) in [6.07, 6.45) is 3.94. The maximum absolute atomic E-state index is 6.85. The van der Waals surface area contributed by atoms with Gasteiger partial charge in [-0.05, 0) is 36.3 Å². The first-order valence-electron chi connectivity index (χ1n) is 10.2. The van der Waals surface area contributed by atoms with Crippen molar-refractivity contribution in [2.24, 2.45) is 0 Å². The second kappa shape index (κ2) is 7.74. The van der Waals surface area contributed by atoms with E-state index in [1.165, 1.54) is 0 Å². The number of H-pyrrole nitrogens is 1. The van der Waals surface area contributed by atoms with E-state index in [0.29, 0.717) is 0 Å². The molecule has 2 rings (SSSR count). The summed E-state index contributed by atoms with van der Waals surface area (Å²) in [7, 11) is -3.71. The van der Waals surface area contributed by atoms with Crippen molar-refractivity contribution in [2.45, 2.75) is 96.6 Å². The lowest BCUT2D eigenvalue weighted by atomic mass is 10.2. The predicted octanol–water partition coefficient (Wildman–Crippen LogP) is 5.01. The van der Waals surface area contributed by atoms with E-state index in [-0.39, 0.29) is 22.3 Å². The molecular formula is C20H41N3O2Si2. The minimum Gasteiger partial charge on any atom is -0.410 e. The molecule has 27 heavy (non-hydrogen) atoms. The van der Waals surface area contributed by atoms with Crippen LogP contribution < -0.4 is 0 Å². The van der Waals surface area contributed by atoms with Gasteiger partial charge in [0, 0.05) is 31.5 Å². The molecule has 1 aliphatic heterocycles. The van der Waals surface area contributed by atoms with Gasteiger partial charge in [0.2, 0.25) is 0 Å². The Kier molecular flexibility index (Phi) is 6.54. The monoisotopic (exact) mass is 411 g/mol. The minimum absolute atomic E-state index is 0.142. The molecule has 1 N–H and O–H groups in total. The Morgan fingerprint density at radius 3 is 1.74 bits per heavy atom. The van der Waals surface area contributed by atoms with E-state index >= 15 is 0 Å². The van der Waals surface area contributed by atoms with Gasteiger partial charge in [0.05, 0.1) is 18.5 Å². The molecular weight excluding hydrogens is 370 g/mol. The zero-order chi connectivity index (χ0) is 20.7. The number of aromatic amines is 1. The van der Waals surface area contributed by atoms with Crippen LogP contribution in [0.25, 0.3) is 0 Å². The summed E-state index contributed by atoms with van der Waals surface area (Å²) >= 11 is 0. The van der Waals surface area contributed by atoms with Gasteiger partial charge in [0.1, 0.15) is 0 Å². The number of hydrogen-bond donors (Lipinski definition) is 1. The van der Waals surface area contributed by atoms with Crippen LogP contribution in [0.1, 0.15) is 47.2 Å². The van der Waals surface area contributed by atoms with E-state index in [0.717, 1.165) is 25.3 Å². The molecule has 2 atom stereocenters. The summed E-state index contributed by atoms with van der Waals surface area (Å²) in [5.74, 6) is 0. The summed E-state index contributed by atoms with van der Waals surface area (Å²) in [6, 6.07) is 0. The molecule has 1 saturated heterocycles. The highest BCUT2D eigenvalue weighted by atomic mass is 28.4. The molecule has 0 spiro atoms. The van der Waals surface area contributed by atoms with Crippen LogP contribution >= 0.6 is 0 Å². The van der Waals surface area contributed by atoms with E-state index in [4.69, 9.17) is 8.85 Å². The maximum atomic E-state index is 6.85. The van der Waals surface area contributed by atoms with E-state index in [9.17, 15) is 0 Å². The Morgan fingerprint density at radius 1 is 0.963 bits per heavy atom. The molecule has 1 aromatic heterocycles. The first kappa shape index (κ1) is 22.8. The molecule has 0 saturated carbocycles. The van der Waals surface area contributed by atoms with Gasteiger partial charge < -0.3 is 13.8 Å². The van der Waals surface area contributed by atoms with Crippen LogP contribution in [0.4, 0.5) is 0 Å². The Hall–Kier alpha value is -0.476. The van der Waals surface area contributed by atoms with E-state index in [1.807, 2.05) is 6.20 Å². The summed E-state index contributed by atoms with van der Waals surface area (Å²) in [5, 5.41) is 0.399. The van der Waals surface area contributed by atoms with Gasteiger partial charge in [0.15, 0.2) is 16.6 Å². The summed E-state index contributed by atoms with van der Waals surface area (Å²) in [6.45, 7) is 25.9. The molecule has 0 bridgehead atoms. The molecule has 0 aromatic carbocycles. The molecule has 2 unspecified atom stereocenters. The lowest BCUT2D eigenvalue weighted by molar-refractivity contribution is 0.0713. The fourth-order valence-corrected chi connectivity index (χ4v) is 5.57. The third-order valence-electron chi connectivity index (χ3n) is 6.74. The SMILES string of the molecule is CC(C)(C)[Si](C)(C)OC1CN(Cc2cnc[nH]2)CC1O[Si](C)(C)C(C)(C)C. The van der Waals surface area contributed by atoms with Gasteiger partial charge in [-0.1, -0.05) is 41.5 Å². The van der Waals surface area contributed by atoms with E-state index in [1.54, 1.807) is 6.33 Å². The van der Waals surface area contributed by atoms with Crippen LogP contribution in [0.5, 0.6) is 0 Å². The van der Waals surface area contributed by atoms with Crippen molar-refractivity contribution >= 4 is 16.6 Å². The van der Waals surface area contributed by atoms with Crippen molar-refractivity contribution in [2.75, 3.05) is 13.1 Å². The molecule has 1 fully saturated rings. The first-order valence-corrected chi connectivity index (χ1v) is 16.0. The molecule has 7 heteroatoms. The number of imidazole rings is 1. The van der Waals surface area contributed by atoms with Gasteiger partial charge in [-0.15, -0.1) is 0 Å². The largest absolute Gasteiger partial charge is 0.410 e. The van der Waals surface area contributed by atoms with Crippen LogP contribution in [0.3, 0.4) is 0 Å². The number of rotatable bonds is 6. The predicted molar refractivity (Wildman–Crippen MR) is 118 cm³/mol. The zero-order valence-electron chi connectivity index (χ0n) is 19.1. The Balaban J connectivity index is 2.18. The average molecular weight is 412 g/mol. The highest BCUT2D eigenvalue weighted by Gasteiger charge is 2.47. The fraction of sp³-hybridized carbons (Fsp3) is 0.850. The Labute approximate surface area is 168 Å². The molecule has 0 amide bonds. The van der Waals surface area contributed by atoms with Crippen molar-refractivity contribution < 1.29 is 8.85 Å². The molecule has 0 radical (unpaired) electrons. The Bertz CT molecular complexity index is 568. The van der Waals surface area contributed by atoms with Gasteiger partial charge >= 0.3 is 0 Å². The fourth-order valence-electron chi connectivity index (χ4n) is 2.90. The number of aromatic nitrogens is 2. The summed E-state index contributed by atoms with van der Waals surface area (Å²) in [4.78, 5) is 9.82. The Morgan fingerprint density at radius 2 is 1.41 bits per heavy atom. The van der Waals surface area contributed by atoms with Gasteiger partial charge in [-0.25, -0.2) is 4.98 Å². The number of nitrogens with one attached hydrogen (secondary N) is 1. The summed E-state index contributed by atoms with van der Waals surface area (Å²) < 4.78 is 13.7. The number of likely N-dealkylation sites (tertiary alicyclic amines) is 1. The standard InChI is InChI=1S/C20H41N3O2Si2/c1-19(2,3)26(7,8)24-17-13-23(12-16-11-21-15-22-16)14-18(17)25-27(9,10)20(4,5)6/h11,15,17-18H,12-14H2,1-10H3,(H,21,22). The van der Waals surface area contributed by atoms with Crippen LogP contribution in [-0.4, -0.2) is 56.8 Å². The summed E-state index contributed by atoms with van der Waals surface area (Å²) in [5.41, 5.74) is 1.15. The average Bonchev–Trinajstić information content (AvgIpc) is 3.07. The molecule has 5 nitrogen and oxygen atoms in total. The molecule has 2 heterocycles. The molecule has 156 valence electrons. The third-order valence-corrected chi connectivity index (χ3v) is 15.8. The van der Waals surface area contributed by atoms with Crippen LogP contribution in [0.15, 0.2) is 12.5 Å². The van der Waals surface area contributed by atoms with Gasteiger partial charge in [-0.3, -0.25) is 4.90 Å². The van der Waals surface area contributed by atoms with Crippen LogP contribution in [0, 0.1) is 0 Å². The zero-order valence-corrected chi connectivity index (χ0v) is 21.1. The van der Waals surface area contributed by atoms with Gasteiger partial charge in [-0.2, -0.15) is 0 Å². The highest BCUT2D eigenvalue weighted by molar-refractivity contribution is 6.74. The van der Waals surface area contributed by atoms with Crippen LogP contribution in [-0.2, 0) is 15.4 Å². The number of hydrogen-bond acceptors (Lipinski definition) is 4. The lowest BCUT2D eigenvalue weighted by Gasteiger charge is -2.43. The normalized spacial score (nSPS) is 23.2. The van der Waals surface area contributed by atoms with E-state index in [2.05, 4.69) is 82.6 Å². The van der Waals surface area contributed by atoms with Gasteiger partial charge in [0.25, 0.3) is 0 Å². The smallest absolute Gasteiger partial charge is 0.192 e. The quantitative estimate of drug-likeness (QED) is 0.669. The van der Waals surface area contributed by atoms with Crippen molar-refractivity contribution in [1.82, 2.24) is 14.9 Å². The van der Waals surface area contributed by atoms with E-state index < -0.39 is 16.6 Å². The van der Waals surface area contributed by atoms with Crippen molar-refractivity contribution in [3.8, 4) is 0 Å². The van der Waals surface area contributed by atoms with Crippen molar-refractivity contribution in [3.63, 3.8) is 0 Å². The third kappa shape index (κ3) is 5.53. The molecule has 1 aromatic rings. The number of nitrogens with zero attached hydrogens (tertiary/aromatic N) is 2.